The van der Waals surface area contributed by atoms with E-state index in [1.807, 2.05) is 0 Å². The van der Waals surface area contributed by atoms with Crippen LogP contribution in [-0.2, 0) is 17.8 Å². The number of hydrogen-bond acceptors (Lipinski definition) is 4. The van der Waals surface area contributed by atoms with E-state index in [-0.39, 0.29) is 11.5 Å². The Balaban J connectivity index is 1.17. The first kappa shape index (κ1) is 21.1. The first-order chi connectivity index (χ1) is 16.2. The number of hydrogen-bond donors (Lipinski definition) is 1. The molecule has 4 heterocycles. The zero-order valence-electron chi connectivity index (χ0n) is 19.5. The molecular weight excluding hydrogens is 414 g/mol. The number of aromatic amines is 1. The molecule has 1 N–H and O–H groups in total. The van der Waals surface area contributed by atoms with Gasteiger partial charge in [0.15, 0.2) is 5.65 Å². The summed E-state index contributed by atoms with van der Waals surface area (Å²) in [5.74, 6) is 0.831. The van der Waals surface area contributed by atoms with Crippen molar-refractivity contribution in [2.45, 2.75) is 82.7 Å². The minimum atomic E-state index is 0.0712. The molecule has 0 bridgehead atoms. The summed E-state index contributed by atoms with van der Waals surface area (Å²) in [6, 6.07) is 2.70. The van der Waals surface area contributed by atoms with Gasteiger partial charge in [-0.2, -0.15) is 0 Å². The lowest BCUT2D eigenvalue weighted by atomic mass is 9.90. The van der Waals surface area contributed by atoms with Crippen molar-refractivity contribution in [1.29, 1.82) is 0 Å². The number of aromatic nitrogens is 3. The molecule has 4 aliphatic rings. The van der Waals surface area contributed by atoms with E-state index >= 15 is 0 Å². The number of carbonyl (C=O) groups excluding carboxylic acids is 1. The Bertz CT molecular complexity index is 1120. The predicted molar refractivity (Wildman–Crippen MR) is 127 cm³/mol. The van der Waals surface area contributed by atoms with Crippen molar-refractivity contribution in [3.63, 3.8) is 0 Å². The number of nitrogens with one attached hydrogen (secondary N) is 1. The third-order valence-corrected chi connectivity index (χ3v) is 8.52. The third-order valence-electron chi connectivity index (χ3n) is 8.52. The number of fused-ring (bicyclic) bond motifs is 2. The van der Waals surface area contributed by atoms with Crippen molar-refractivity contribution >= 4 is 11.6 Å². The van der Waals surface area contributed by atoms with Gasteiger partial charge < -0.3 is 4.90 Å². The standard InChI is InChI=1S/C26H35N5O2/c32-25(19-6-2-1-3-7-19)29-13-10-18(11-14-29)23-16-24-27-22-12-15-30(20-8-4-5-9-20)17-21(22)26(33)31(24)28-23/h1-2,16,18-20,28H,3-15,17H2. The van der Waals surface area contributed by atoms with Crippen LogP contribution in [0.3, 0.4) is 0 Å². The SMILES string of the molecule is O=C(C1CC=CCC1)N1CCC(c2cc3nc4c(c(=O)n3[nH]2)CN(C2CCCC2)CC4)CC1. The van der Waals surface area contributed by atoms with Gasteiger partial charge in [-0.3, -0.25) is 19.6 Å². The summed E-state index contributed by atoms with van der Waals surface area (Å²) < 4.78 is 1.66. The number of H-pyrrole nitrogens is 1. The highest BCUT2D eigenvalue weighted by Gasteiger charge is 2.31. The molecule has 1 unspecified atom stereocenters. The van der Waals surface area contributed by atoms with Crippen LogP contribution in [0, 0.1) is 5.92 Å². The van der Waals surface area contributed by atoms with Gasteiger partial charge in [-0.15, -0.1) is 0 Å². The Morgan fingerprint density at radius 2 is 1.85 bits per heavy atom. The van der Waals surface area contributed by atoms with Crippen LogP contribution in [0.4, 0.5) is 0 Å². The number of nitrogens with zero attached hydrogens (tertiary/aromatic N) is 4. The monoisotopic (exact) mass is 449 g/mol. The normalized spacial score (nSPS) is 25.1. The molecule has 1 amide bonds. The minimum absolute atomic E-state index is 0.0712. The summed E-state index contributed by atoms with van der Waals surface area (Å²) in [4.78, 5) is 35.7. The van der Waals surface area contributed by atoms with Crippen molar-refractivity contribution in [3.8, 4) is 0 Å². The molecule has 2 aliphatic carbocycles. The zero-order valence-corrected chi connectivity index (χ0v) is 19.5. The Morgan fingerprint density at radius 3 is 2.61 bits per heavy atom. The number of amides is 1. The van der Waals surface area contributed by atoms with Crippen molar-refractivity contribution in [1.82, 2.24) is 24.4 Å². The fourth-order valence-corrected chi connectivity index (χ4v) is 6.50. The second-order valence-corrected chi connectivity index (χ2v) is 10.5. The lowest BCUT2D eigenvalue weighted by molar-refractivity contribution is -0.136. The van der Waals surface area contributed by atoms with Gasteiger partial charge >= 0.3 is 0 Å². The largest absolute Gasteiger partial charge is 0.342 e. The molecule has 176 valence electrons. The summed E-state index contributed by atoms with van der Waals surface area (Å²) in [5.41, 5.74) is 3.77. The van der Waals surface area contributed by atoms with E-state index in [1.165, 1.54) is 25.7 Å². The quantitative estimate of drug-likeness (QED) is 0.729. The molecule has 2 aromatic heterocycles. The van der Waals surface area contributed by atoms with Gasteiger partial charge in [0.05, 0.1) is 11.3 Å². The van der Waals surface area contributed by atoms with Crippen LogP contribution in [0.25, 0.3) is 5.65 Å². The van der Waals surface area contributed by atoms with Crippen LogP contribution in [-0.4, -0.2) is 56.0 Å². The Labute approximate surface area is 194 Å². The molecule has 0 radical (unpaired) electrons. The van der Waals surface area contributed by atoms with E-state index < -0.39 is 0 Å². The number of carbonyl (C=O) groups is 1. The molecule has 1 saturated heterocycles. The van der Waals surface area contributed by atoms with Gasteiger partial charge in [-0.1, -0.05) is 25.0 Å². The van der Waals surface area contributed by atoms with Crippen LogP contribution in [0.5, 0.6) is 0 Å². The summed E-state index contributed by atoms with van der Waals surface area (Å²) in [6.07, 6.45) is 15.1. The Hall–Kier alpha value is -2.41. The molecule has 0 aromatic carbocycles. The van der Waals surface area contributed by atoms with E-state index in [4.69, 9.17) is 4.98 Å². The summed E-state index contributed by atoms with van der Waals surface area (Å²) in [6.45, 7) is 3.35. The van der Waals surface area contributed by atoms with E-state index in [0.29, 0.717) is 17.9 Å². The van der Waals surface area contributed by atoms with Gasteiger partial charge in [0, 0.05) is 62.2 Å². The average Bonchev–Trinajstić information content (AvgIpc) is 3.55. The van der Waals surface area contributed by atoms with Gasteiger partial charge in [0.25, 0.3) is 5.56 Å². The first-order valence-electron chi connectivity index (χ1n) is 13.0. The van der Waals surface area contributed by atoms with Crippen molar-refractivity contribution in [2.75, 3.05) is 19.6 Å². The maximum Gasteiger partial charge on any atom is 0.277 e. The van der Waals surface area contributed by atoms with Gasteiger partial charge in [-0.25, -0.2) is 9.50 Å². The van der Waals surface area contributed by atoms with Crippen LogP contribution in [0.1, 0.15) is 80.7 Å². The molecule has 0 spiro atoms. The second kappa shape index (κ2) is 8.75. The summed E-state index contributed by atoms with van der Waals surface area (Å²) in [5, 5.41) is 3.39. The first-order valence-corrected chi connectivity index (χ1v) is 13.0. The van der Waals surface area contributed by atoms with Gasteiger partial charge in [0.2, 0.25) is 5.91 Å². The summed E-state index contributed by atoms with van der Waals surface area (Å²) >= 11 is 0. The highest BCUT2D eigenvalue weighted by atomic mass is 16.2. The van der Waals surface area contributed by atoms with Crippen LogP contribution in [0.2, 0.25) is 0 Å². The van der Waals surface area contributed by atoms with E-state index in [0.717, 1.165) is 87.3 Å². The fraction of sp³-hybridized carbons (Fsp3) is 0.654. The molecule has 2 fully saturated rings. The molecule has 2 aliphatic heterocycles. The van der Waals surface area contributed by atoms with E-state index in [2.05, 4.69) is 33.1 Å². The number of likely N-dealkylation sites (tertiary alicyclic amines) is 1. The van der Waals surface area contributed by atoms with Gasteiger partial charge in [0.1, 0.15) is 0 Å². The van der Waals surface area contributed by atoms with Crippen LogP contribution in [0.15, 0.2) is 23.0 Å². The average molecular weight is 450 g/mol. The molecule has 33 heavy (non-hydrogen) atoms. The predicted octanol–water partition coefficient (Wildman–Crippen LogP) is 3.39. The molecule has 1 saturated carbocycles. The lowest BCUT2D eigenvalue weighted by Gasteiger charge is -2.34. The number of rotatable bonds is 3. The number of allylic oxidation sites excluding steroid dienone is 2. The van der Waals surface area contributed by atoms with Crippen molar-refractivity contribution < 1.29 is 4.79 Å². The van der Waals surface area contributed by atoms with Crippen molar-refractivity contribution in [3.05, 3.63) is 45.5 Å². The van der Waals surface area contributed by atoms with Crippen LogP contribution < -0.4 is 5.56 Å². The Morgan fingerprint density at radius 1 is 1.03 bits per heavy atom. The second-order valence-electron chi connectivity index (χ2n) is 10.5. The number of piperidine rings is 1. The fourth-order valence-electron chi connectivity index (χ4n) is 6.50. The van der Waals surface area contributed by atoms with Crippen LogP contribution >= 0.6 is 0 Å². The van der Waals surface area contributed by atoms with E-state index in [9.17, 15) is 9.59 Å². The maximum absolute atomic E-state index is 13.4. The zero-order chi connectivity index (χ0) is 22.4. The third kappa shape index (κ3) is 3.94. The Kier molecular flexibility index (Phi) is 5.60. The maximum atomic E-state index is 13.4. The molecule has 7 nitrogen and oxygen atoms in total. The highest BCUT2D eigenvalue weighted by molar-refractivity contribution is 5.79. The molecule has 2 aromatic rings. The van der Waals surface area contributed by atoms with E-state index in [1.54, 1.807) is 4.52 Å². The minimum Gasteiger partial charge on any atom is -0.342 e. The smallest absolute Gasteiger partial charge is 0.277 e. The summed E-state index contributed by atoms with van der Waals surface area (Å²) in [7, 11) is 0. The molecule has 1 atom stereocenters. The molecule has 7 heteroatoms. The topological polar surface area (TPSA) is 73.7 Å². The highest BCUT2D eigenvalue weighted by Crippen LogP contribution is 2.31. The molecular formula is C26H35N5O2. The molecule has 6 rings (SSSR count). The van der Waals surface area contributed by atoms with Crippen molar-refractivity contribution in [2.24, 2.45) is 5.92 Å². The van der Waals surface area contributed by atoms with Gasteiger partial charge in [-0.05, 0) is 44.9 Å². The lowest BCUT2D eigenvalue weighted by Crippen LogP contribution is -2.41.